The maximum absolute atomic E-state index is 16.2. The van der Waals surface area contributed by atoms with E-state index in [2.05, 4.69) is 279 Å². The average molecular weight is 1110 g/mol. The first kappa shape index (κ1) is 53.3. The second-order valence-corrected chi connectivity index (χ2v) is 37.2. The van der Waals surface area contributed by atoms with Gasteiger partial charge in [-0.25, -0.2) is 4.39 Å². The lowest BCUT2D eigenvalue weighted by molar-refractivity contribution is 0.457. The molecule has 0 radical (unpaired) electrons. The third-order valence-electron chi connectivity index (χ3n) is 17.6. The minimum absolute atomic E-state index is 0.0392. The molecule has 0 saturated carbocycles. The van der Waals surface area contributed by atoms with Crippen molar-refractivity contribution in [1.29, 1.82) is 0 Å². The molecule has 0 amide bonds. The summed E-state index contributed by atoms with van der Waals surface area (Å²) in [4.78, 5) is 4.87. The van der Waals surface area contributed by atoms with Gasteiger partial charge in [-0.05, 0) is 136 Å². The monoisotopic (exact) mass is 1110 g/mol. The Labute approximate surface area is 485 Å². The van der Waals surface area contributed by atoms with E-state index < -0.39 is 21.6 Å². The maximum Gasteiger partial charge on any atom is 0.145 e. The maximum atomic E-state index is 16.2. The zero-order chi connectivity index (χ0) is 57.3. The molecule has 11 aromatic rings. The van der Waals surface area contributed by atoms with Gasteiger partial charge in [0.1, 0.15) is 28.1 Å². The first-order valence-corrected chi connectivity index (χ1v) is 36.2. The number of fused-ring (bicyclic) bond motifs is 11. The molecule has 7 heteroatoms. The van der Waals surface area contributed by atoms with Gasteiger partial charge >= 0.3 is 0 Å². The summed E-state index contributed by atoms with van der Waals surface area (Å²) in [6.45, 7) is 28.0. The normalized spacial score (nSPS) is 16.4. The van der Waals surface area contributed by atoms with E-state index in [0.717, 1.165) is 95.7 Å². The van der Waals surface area contributed by atoms with Crippen molar-refractivity contribution in [2.75, 3.05) is 9.80 Å². The molecule has 0 aliphatic heterocycles. The van der Waals surface area contributed by atoms with Crippen LogP contribution >= 0.6 is 0 Å². The van der Waals surface area contributed by atoms with Gasteiger partial charge in [0, 0.05) is 44.6 Å². The van der Waals surface area contributed by atoms with Crippen LogP contribution in [-0.4, -0.2) is 16.1 Å². The molecule has 2 aliphatic carbocycles. The highest BCUT2D eigenvalue weighted by molar-refractivity contribution is 6.89. The van der Waals surface area contributed by atoms with Gasteiger partial charge in [-0.15, -0.1) is 0 Å². The van der Waals surface area contributed by atoms with Crippen molar-refractivity contribution in [2.45, 2.75) is 103 Å². The Hall–Kier alpha value is -7.98. The fraction of sp³-hybridized carbons (Fsp3) is 0.227. The highest BCUT2D eigenvalue weighted by Gasteiger charge is 2.53. The zero-order valence-electron chi connectivity index (χ0n) is 49.5. The second kappa shape index (κ2) is 19.3. The molecule has 2 aromatic heterocycles. The molecule has 4 nitrogen and oxygen atoms in total. The number of allylic oxidation sites excluding steroid dienone is 4. The van der Waals surface area contributed by atoms with Crippen molar-refractivity contribution in [3.8, 4) is 11.1 Å². The van der Waals surface area contributed by atoms with Crippen LogP contribution in [-0.2, 0) is 16.2 Å². The topological polar surface area (TPSA) is 32.8 Å². The Morgan fingerprint density at radius 2 is 0.915 bits per heavy atom. The molecule has 2 heterocycles. The standard InChI is InChI=1S/C75H73FN2O2Si2/c1-73(2,3)48-27-32-53(33-28-48)77(55-36-40-57(41-37-55)81(7,8)9)63-46-61-69(71-67(63)59-25-19-20-26-65(59)79-71)70-62(75(61,50-21-15-13-16-22-50)51-23-17-14-18-24-51)47-64(68-60-45-52(76)31-44-66(60)80-72(68)70)78(54-34-29-49(30-35-54)74(4,5)6)56-38-42-58(43-39-56)82(10,11)12/h13-23,25-47,51H,24H2,1-12H3. The third kappa shape index (κ3) is 8.73. The molecule has 0 bridgehead atoms. The van der Waals surface area contributed by atoms with Crippen LogP contribution in [0.1, 0.15) is 75.8 Å². The number of para-hydroxylation sites is 1. The minimum Gasteiger partial charge on any atom is -0.455 e. The van der Waals surface area contributed by atoms with Gasteiger partial charge in [-0.3, -0.25) is 0 Å². The lowest BCUT2D eigenvalue weighted by Gasteiger charge is -2.40. The van der Waals surface area contributed by atoms with Gasteiger partial charge in [0.05, 0.1) is 43.7 Å². The Balaban J connectivity index is 1.21. The zero-order valence-corrected chi connectivity index (χ0v) is 51.5. The summed E-state index contributed by atoms with van der Waals surface area (Å²) in [6, 6.07) is 66.4. The number of benzene rings is 9. The molecule has 9 aromatic carbocycles. The molecule has 2 atom stereocenters. The highest BCUT2D eigenvalue weighted by atomic mass is 28.3. The molecule has 0 spiro atoms. The van der Waals surface area contributed by atoms with Crippen LogP contribution < -0.4 is 20.2 Å². The number of furan rings is 2. The van der Waals surface area contributed by atoms with E-state index in [-0.39, 0.29) is 22.6 Å². The molecule has 82 heavy (non-hydrogen) atoms. The van der Waals surface area contributed by atoms with Gasteiger partial charge in [0.2, 0.25) is 0 Å². The van der Waals surface area contributed by atoms with E-state index in [1.165, 1.54) is 27.6 Å². The minimum atomic E-state index is -1.69. The largest absolute Gasteiger partial charge is 0.455 e. The first-order valence-electron chi connectivity index (χ1n) is 29.2. The fourth-order valence-corrected chi connectivity index (χ4v) is 15.6. The van der Waals surface area contributed by atoms with Crippen LogP contribution in [0.2, 0.25) is 39.3 Å². The van der Waals surface area contributed by atoms with Gasteiger partial charge < -0.3 is 18.6 Å². The van der Waals surface area contributed by atoms with Crippen molar-refractivity contribution >= 4 is 105 Å². The molecule has 0 fully saturated rings. The SMILES string of the molecule is CC(C)(C)c1ccc(N(c2ccc([Si](C)(C)C)cc2)c2cc3c(c4oc5ccccc5c24)-c2c(cc(N(c4ccc(C(C)(C)C)cc4)c4ccc([Si](C)(C)C)cc4)c4c2oc2ccc(F)cc24)C3(c2ccccc2)C2C=CC=CC2)cc1. The molecule has 2 aliphatic rings. The van der Waals surface area contributed by atoms with Gasteiger partial charge in [0.15, 0.2) is 0 Å². The number of halogens is 1. The quantitative estimate of drug-likeness (QED) is 0.128. The molecule has 410 valence electrons. The van der Waals surface area contributed by atoms with Crippen molar-refractivity contribution < 1.29 is 13.2 Å². The smallest absolute Gasteiger partial charge is 0.145 e. The van der Waals surface area contributed by atoms with Crippen molar-refractivity contribution in [3.63, 3.8) is 0 Å². The third-order valence-corrected chi connectivity index (χ3v) is 21.8. The fourth-order valence-electron chi connectivity index (χ4n) is 13.2. The molecule has 0 N–H and O–H groups in total. The van der Waals surface area contributed by atoms with E-state index >= 15 is 4.39 Å². The summed E-state index contributed by atoms with van der Waals surface area (Å²) in [6.07, 6.45) is 9.93. The molecule has 2 unspecified atom stereocenters. The first-order chi connectivity index (χ1) is 39.1. The number of nitrogens with zero attached hydrogens (tertiary/aromatic N) is 2. The number of anilines is 6. The lowest BCUT2D eigenvalue weighted by atomic mass is 9.62. The summed E-state index contributed by atoms with van der Waals surface area (Å²) < 4.78 is 31.2. The predicted octanol–water partition coefficient (Wildman–Crippen LogP) is 20.7. The van der Waals surface area contributed by atoms with E-state index in [1.807, 2.05) is 0 Å². The summed E-state index contributed by atoms with van der Waals surface area (Å²) >= 11 is 0. The predicted molar refractivity (Wildman–Crippen MR) is 352 cm³/mol. The van der Waals surface area contributed by atoms with E-state index in [1.54, 1.807) is 12.1 Å². The van der Waals surface area contributed by atoms with E-state index in [4.69, 9.17) is 8.83 Å². The van der Waals surface area contributed by atoms with Crippen LogP contribution in [0.25, 0.3) is 55.0 Å². The van der Waals surface area contributed by atoms with Crippen LogP contribution in [0.4, 0.5) is 38.5 Å². The number of rotatable bonds is 10. The molecular weight excluding hydrogens is 1040 g/mol. The summed E-state index contributed by atoms with van der Waals surface area (Å²) in [5, 5.41) is 6.37. The van der Waals surface area contributed by atoms with Crippen LogP contribution in [0.3, 0.4) is 0 Å². The molecule has 0 saturated heterocycles. The number of hydrogen-bond acceptors (Lipinski definition) is 4. The second-order valence-electron chi connectivity index (χ2n) is 27.1. The van der Waals surface area contributed by atoms with Gasteiger partial charge in [-0.1, -0.05) is 213 Å². The van der Waals surface area contributed by atoms with Crippen molar-refractivity contribution in [2.24, 2.45) is 5.92 Å². The summed E-state index contributed by atoms with van der Waals surface area (Å²) in [7, 11) is -3.36. The van der Waals surface area contributed by atoms with Gasteiger partial charge in [0.25, 0.3) is 0 Å². The van der Waals surface area contributed by atoms with E-state index in [9.17, 15) is 0 Å². The van der Waals surface area contributed by atoms with E-state index in [0.29, 0.717) is 16.6 Å². The Bertz CT molecular complexity index is 4220. The van der Waals surface area contributed by atoms with Gasteiger partial charge in [-0.2, -0.15) is 0 Å². The summed E-state index contributed by atoms with van der Waals surface area (Å²) in [5.74, 6) is -0.383. The average Bonchev–Trinajstić information content (AvgIpc) is 1.64. The summed E-state index contributed by atoms with van der Waals surface area (Å²) in [5.41, 5.74) is 15.9. The highest BCUT2D eigenvalue weighted by Crippen LogP contribution is 2.65. The molecular formula is C75H73FN2O2Si2. The Morgan fingerprint density at radius 1 is 0.476 bits per heavy atom. The molecule has 13 rings (SSSR count). The van der Waals surface area contributed by atoms with Crippen LogP contribution in [0.5, 0.6) is 0 Å². The number of hydrogen-bond donors (Lipinski definition) is 0. The lowest BCUT2D eigenvalue weighted by Crippen LogP contribution is -2.37. The van der Waals surface area contributed by atoms with Crippen LogP contribution in [0, 0.1) is 11.7 Å². The van der Waals surface area contributed by atoms with Crippen molar-refractivity contribution in [1.82, 2.24) is 0 Å². The van der Waals surface area contributed by atoms with Crippen LogP contribution in [0.15, 0.2) is 215 Å². The van der Waals surface area contributed by atoms with Crippen molar-refractivity contribution in [3.05, 3.63) is 240 Å². The Kier molecular flexibility index (Phi) is 12.6. The Morgan fingerprint density at radius 3 is 1.37 bits per heavy atom.